The largest absolute Gasteiger partial charge is 0.257 e. The van der Waals surface area contributed by atoms with Crippen molar-refractivity contribution in [3.8, 4) is 0 Å². The smallest absolute Gasteiger partial charge is 0.0670 e. The number of hydrogen-bond acceptors (Lipinski definition) is 2. The normalized spacial score (nSPS) is 18.8. The number of benzene rings is 2. The van der Waals surface area contributed by atoms with Crippen LogP contribution in [0.4, 0.5) is 11.4 Å². The van der Waals surface area contributed by atoms with Crippen molar-refractivity contribution in [3.63, 3.8) is 0 Å². The van der Waals surface area contributed by atoms with E-state index in [0.29, 0.717) is 0 Å². The Balaban J connectivity index is 0.000000141. The molecule has 2 aromatic carbocycles. The van der Waals surface area contributed by atoms with Gasteiger partial charge in [0.1, 0.15) is 0 Å². The van der Waals surface area contributed by atoms with Crippen molar-refractivity contribution in [3.05, 3.63) is 59.7 Å². The van der Waals surface area contributed by atoms with Gasteiger partial charge in [0.15, 0.2) is 0 Å². The van der Waals surface area contributed by atoms with Crippen molar-refractivity contribution in [1.29, 1.82) is 0 Å². The molecule has 0 atom stereocenters. The van der Waals surface area contributed by atoms with Crippen LogP contribution < -0.4 is 0 Å². The quantitative estimate of drug-likeness (QED) is 0.557. The summed E-state index contributed by atoms with van der Waals surface area (Å²) in [5.41, 5.74) is 7.67. The zero-order chi connectivity index (χ0) is 17.5. The van der Waals surface area contributed by atoms with Gasteiger partial charge < -0.3 is 0 Å². The van der Waals surface area contributed by atoms with Crippen LogP contribution in [-0.2, 0) is 10.8 Å². The average molecular weight is 318 g/mol. The first-order chi connectivity index (χ1) is 11.2. The number of aliphatic imine (C=N–C) groups is 2. The Bertz CT molecular complexity index is 767. The van der Waals surface area contributed by atoms with Gasteiger partial charge in [-0.2, -0.15) is 0 Å². The van der Waals surface area contributed by atoms with Gasteiger partial charge in [-0.1, -0.05) is 64.1 Å². The minimum Gasteiger partial charge on any atom is -0.257 e. The molecule has 4 rings (SSSR count). The predicted octanol–water partition coefficient (Wildman–Crippen LogP) is 6.14. The maximum absolute atomic E-state index is 4.52. The first-order valence-electron chi connectivity index (χ1n) is 8.55. The van der Waals surface area contributed by atoms with E-state index in [1.54, 1.807) is 0 Å². The summed E-state index contributed by atoms with van der Waals surface area (Å²) >= 11 is 0. The van der Waals surface area contributed by atoms with Crippen LogP contribution in [0.2, 0.25) is 0 Å². The molecule has 2 nitrogen and oxygen atoms in total. The first-order valence-corrected chi connectivity index (χ1v) is 8.55. The zero-order valence-electron chi connectivity index (χ0n) is 15.5. The lowest BCUT2D eigenvalue weighted by atomic mass is 9.82. The Hall–Kier alpha value is -2.22. The standard InChI is InChI=1S/2C11H13N/c2*1-8-11(2,3)9-6-4-5-7-10(9)12-8/h2*4-7H,1-3H3. The van der Waals surface area contributed by atoms with Crippen molar-refractivity contribution >= 4 is 22.8 Å². The topological polar surface area (TPSA) is 24.7 Å². The Morgan fingerprint density at radius 2 is 0.917 bits per heavy atom. The second-order valence-corrected chi connectivity index (χ2v) is 7.68. The van der Waals surface area contributed by atoms with Gasteiger partial charge in [-0.15, -0.1) is 0 Å². The van der Waals surface area contributed by atoms with Gasteiger partial charge in [-0.05, 0) is 37.1 Å². The molecule has 0 N–H and O–H groups in total. The molecule has 0 aliphatic carbocycles. The third kappa shape index (κ3) is 2.60. The molecule has 0 amide bonds. The zero-order valence-corrected chi connectivity index (χ0v) is 15.5. The van der Waals surface area contributed by atoms with Crippen molar-refractivity contribution < 1.29 is 0 Å². The minimum absolute atomic E-state index is 0.136. The number of nitrogens with zero attached hydrogens (tertiary/aromatic N) is 2. The van der Waals surface area contributed by atoms with Crippen LogP contribution in [0.25, 0.3) is 0 Å². The maximum atomic E-state index is 4.52. The van der Waals surface area contributed by atoms with Crippen LogP contribution in [0.1, 0.15) is 52.7 Å². The molecule has 24 heavy (non-hydrogen) atoms. The molecule has 124 valence electrons. The highest BCUT2D eigenvalue weighted by molar-refractivity contribution is 6.00. The number of rotatable bonds is 0. The summed E-state index contributed by atoms with van der Waals surface area (Å²) in [7, 11) is 0. The van der Waals surface area contributed by atoms with Crippen LogP contribution in [0.15, 0.2) is 58.5 Å². The van der Waals surface area contributed by atoms with Crippen molar-refractivity contribution in [2.75, 3.05) is 0 Å². The van der Waals surface area contributed by atoms with E-state index in [0.717, 1.165) is 11.4 Å². The van der Waals surface area contributed by atoms with Crippen molar-refractivity contribution in [2.45, 2.75) is 52.4 Å². The lowest BCUT2D eigenvalue weighted by Crippen LogP contribution is -2.22. The minimum atomic E-state index is 0.136. The maximum Gasteiger partial charge on any atom is 0.0670 e. The first kappa shape index (κ1) is 16.6. The van der Waals surface area contributed by atoms with Gasteiger partial charge in [-0.3, -0.25) is 9.98 Å². The van der Waals surface area contributed by atoms with E-state index < -0.39 is 0 Å². The van der Waals surface area contributed by atoms with Crippen LogP contribution in [0, 0.1) is 0 Å². The molecule has 2 heterocycles. The molecule has 2 aliphatic heterocycles. The number of fused-ring (bicyclic) bond motifs is 2. The van der Waals surface area contributed by atoms with Crippen LogP contribution in [-0.4, -0.2) is 11.4 Å². The molecule has 0 radical (unpaired) electrons. The Morgan fingerprint density at radius 3 is 1.25 bits per heavy atom. The lowest BCUT2D eigenvalue weighted by Gasteiger charge is -2.19. The lowest BCUT2D eigenvalue weighted by molar-refractivity contribution is 0.733. The van der Waals surface area contributed by atoms with Gasteiger partial charge >= 0.3 is 0 Å². The number of para-hydroxylation sites is 2. The fraction of sp³-hybridized carbons (Fsp3) is 0.364. The van der Waals surface area contributed by atoms with E-state index in [1.807, 2.05) is 12.1 Å². The Kier molecular flexibility index (Phi) is 3.95. The van der Waals surface area contributed by atoms with Gasteiger partial charge in [0.2, 0.25) is 0 Å². The summed E-state index contributed by atoms with van der Waals surface area (Å²) in [6, 6.07) is 16.7. The third-order valence-electron chi connectivity index (χ3n) is 5.54. The van der Waals surface area contributed by atoms with Gasteiger partial charge in [0.05, 0.1) is 11.4 Å². The third-order valence-corrected chi connectivity index (χ3v) is 5.54. The molecule has 0 unspecified atom stereocenters. The van der Waals surface area contributed by atoms with Gasteiger partial charge in [-0.25, -0.2) is 0 Å². The Labute approximate surface area is 145 Å². The molecular weight excluding hydrogens is 292 g/mol. The molecule has 2 aromatic rings. The fourth-order valence-electron chi connectivity index (χ4n) is 3.23. The molecule has 2 aliphatic rings. The summed E-state index contributed by atoms with van der Waals surface area (Å²) in [6.45, 7) is 13.1. The second-order valence-electron chi connectivity index (χ2n) is 7.68. The fourth-order valence-corrected chi connectivity index (χ4v) is 3.23. The van der Waals surface area contributed by atoms with Crippen LogP contribution in [0.5, 0.6) is 0 Å². The van der Waals surface area contributed by atoms with E-state index in [9.17, 15) is 0 Å². The molecular formula is C22H26N2. The van der Waals surface area contributed by atoms with Gasteiger partial charge in [0.25, 0.3) is 0 Å². The summed E-state index contributed by atoms with van der Waals surface area (Å²) in [5.74, 6) is 0. The Morgan fingerprint density at radius 1 is 0.583 bits per heavy atom. The summed E-state index contributed by atoms with van der Waals surface area (Å²) in [4.78, 5) is 9.04. The molecule has 0 bridgehead atoms. The highest BCUT2D eigenvalue weighted by Crippen LogP contribution is 2.40. The van der Waals surface area contributed by atoms with E-state index in [2.05, 4.69) is 87.9 Å². The predicted molar refractivity (Wildman–Crippen MR) is 104 cm³/mol. The average Bonchev–Trinajstić information content (AvgIpc) is 2.92. The summed E-state index contributed by atoms with van der Waals surface area (Å²) in [6.07, 6.45) is 0. The number of hydrogen-bond donors (Lipinski definition) is 0. The summed E-state index contributed by atoms with van der Waals surface area (Å²) in [5, 5.41) is 0. The van der Waals surface area contributed by atoms with E-state index in [4.69, 9.17) is 0 Å². The van der Waals surface area contributed by atoms with Crippen molar-refractivity contribution in [1.82, 2.24) is 0 Å². The molecule has 2 heteroatoms. The highest BCUT2D eigenvalue weighted by Gasteiger charge is 2.32. The molecule has 0 saturated heterocycles. The van der Waals surface area contributed by atoms with E-state index in [1.165, 1.54) is 22.6 Å². The highest BCUT2D eigenvalue weighted by atomic mass is 14.8. The van der Waals surface area contributed by atoms with E-state index in [-0.39, 0.29) is 10.8 Å². The SMILES string of the molecule is CC1=Nc2ccccc2C1(C)C.CC1=Nc2ccccc2C1(C)C. The van der Waals surface area contributed by atoms with Gasteiger partial charge in [0, 0.05) is 22.3 Å². The monoisotopic (exact) mass is 318 g/mol. The molecule has 0 spiro atoms. The van der Waals surface area contributed by atoms with E-state index >= 15 is 0 Å². The molecule has 0 saturated carbocycles. The van der Waals surface area contributed by atoms with Crippen molar-refractivity contribution in [2.24, 2.45) is 9.98 Å². The second kappa shape index (κ2) is 5.70. The van der Waals surface area contributed by atoms with Crippen LogP contribution >= 0.6 is 0 Å². The molecule has 0 aromatic heterocycles. The summed E-state index contributed by atoms with van der Waals surface area (Å²) < 4.78 is 0. The van der Waals surface area contributed by atoms with Crippen LogP contribution in [0.3, 0.4) is 0 Å². The molecule has 0 fully saturated rings.